The Labute approximate surface area is 192 Å². The summed E-state index contributed by atoms with van der Waals surface area (Å²) in [5.41, 5.74) is 2.99. The molecule has 7 nitrogen and oxygen atoms in total. The monoisotopic (exact) mass is 458 g/mol. The number of anilines is 2. The van der Waals surface area contributed by atoms with Crippen molar-refractivity contribution in [3.05, 3.63) is 52.5 Å². The Bertz CT molecular complexity index is 1020. The Balaban J connectivity index is 1.50. The first-order valence-electron chi connectivity index (χ1n) is 10.5. The summed E-state index contributed by atoms with van der Waals surface area (Å²) in [7, 11) is 0. The second-order valence-corrected chi connectivity index (χ2v) is 8.40. The number of rotatable bonds is 8. The van der Waals surface area contributed by atoms with E-state index in [2.05, 4.69) is 5.32 Å². The number of aryl methyl sites for hydroxylation is 1. The van der Waals surface area contributed by atoms with Gasteiger partial charge in [0.25, 0.3) is 5.91 Å². The van der Waals surface area contributed by atoms with Crippen molar-refractivity contribution in [2.75, 3.05) is 30.0 Å². The van der Waals surface area contributed by atoms with Crippen LogP contribution in [0.15, 0.2) is 36.4 Å². The van der Waals surface area contributed by atoms with Crippen molar-refractivity contribution < 1.29 is 23.9 Å². The van der Waals surface area contributed by atoms with E-state index in [9.17, 15) is 14.4 Å². The summed E-state index contributed by atoms with van der Waals surface area (Å²) in [4.78, 5) is 37.9. The van der Waals surface area contributed by atoms with Crippen LogP contribution in [0.5, 0.6) is 5.75 Å². The lowest BCUT2D eigenvalue weighted by Gasteiger charge is -2.17. The first-order chi connectivity index (χ1) is 15.2. The van der Waals surface area contributed by atoms with E-state index in [-0.39, 0.29) is 18.4 Å². The molecule has 1 fully saturated rings. The van der Waals surface area contributed by atoms with E-state index in [1.807, 2.05) is 32.9 Å². The number of amides is 2. The van der Waals surface area contributed by atoms with Crippen molar-refractivity contribution >= 4 is 40.8 Å². The lowest BCUT2D eigenvalue weighted by Crippen LogP contribution is -2.25. The van der Waals surface area contributed by atoms with Gasteiger partial charge in [-0.25, -0.2) is 4.79 Å². The van der Waals surface area contributed by atoms with Crippen LogP contribution in [-0.2, 0) is 19.1 Å². The van der Waals surface area contributed by atoms with Gasteiger partial charge in [0.2, 0.25) is 5.91 Å². The zero-order valence-corrected chi connectivity index (χ0v) is 19.2. The van der Waals surface area contributed by atoms with Gasteiger partial charge in [0, 0.05) is 29.4 Å². The minimum atomic E-state index is -0.654. The highest BCUT2D eigenvalue weighted by Crippen LogP contribution is 2.32. The van der Waals surface area contributed by atoms with Crippen molar-refractivity contribution in [3.63, 3.8) is 0 Å². The lowest BCUT2D eigenvalue weighted by molar-refractivity contribution is -0.149. The van der Waals surface area contributed by atoms with Crippen LogP contribution in [0.4, 0.5) is 11.4 Å². The number of halogens is 1. The van der Waals surface area contributed by atoms with E-state index in [0.717, 1.165) is 23.2 Å². The molecule has 32 heavy (non-hydrogen) atoms. The molecular formula is C24H27ClN2O5. The second-order valence-electron chi connectivity index (χ2n) is 7.99. The molecule has 170 valence electrons. The van der Waals surface area contributed by atoms with E-state index in [4.69, 9.17) is 21.1 Å². The molecular weight excluding hydrogens is 432 g/mol. The van der Waals surface area contributed by atoms with Crippen LogP contribution in [0.3, 0.4) is 0 Å². The average Bonchev–Trinajstić information content (AvgIpc) is 3.18. The number of hydrogen-bond acceptors (Lipinski definition) is 5. The number of nitrogens with one attached hydrogen (secondary N) is 1. The SMILES string of the molecule is Cc1cc(OCC(=O)OCC(=O)Nc2cccc(N3CCCC3=O)c2)c(C(C)C)cc1Cl. The fraction of sp³-hybridized carbons (Fsp3) is 0.375. The molecule has 1 aliphatic heterocycles. The number of ether oxygens (including phenoxy) is 2. The van der Waals surface area contributed by atoms with E-state index in [0.29, 0.717) is 29.4 Å². The second kappa shape index (κ2) is 10.5. The Hall–Kier alpha value is -3.06. The van der Waals surface area contributed by atoms with Gasteiger partial charge in [0.1, 0.15) is 5.75 Å². The van der Waals surface area contributed by atoms with Gasteiger partial charge in [0.15, 0.2) is 13.2 Å². The average molecular weight is 459 g/mol. The highest BCUT2D eigenvalue weighted by atomic mass is 35.5. The standard InChI is InChI=1S/C24H27ClN2O5/c1-15(2)19-12-20(25)16(3)10-21(19)31-14-24(30)32-13-22(28)26-17-6-4-7-18(11-17)27-9-5-8-23(27)29/h4,6-7,10-12,15H,5,8-9,13-14H2,1-3H3,(H,26,28). The molecule has 8 heteroatoms. The Morgan fingerprint density at radius 1 is 1.19 bits per heavy atom. The molecule has 3 rings (SSSR count). The number of benzene rings is 2. The van der Waals surface area contributed by atoms with Gasteiger partial charge in [-0.05, 0) is 60.7 Å². The maximum absolute atomic E-state index is 12.2. The molecule has 0 aromatic heterocycles. The molecule has 0 atom stereocenters. The first-order valence-corrected chi connectivity index (χ1v) is 10.9. The zero-order chi connectivity index (χ0) is 23.3. The van der Waals surface area contributed by atoms with Crippen molar-refractivity contribution in [1.82, 2.24) is 0 Å². The van der Waals surface area contributed by atoms with E-state index in [1.165, 1.54) is 0 Å². The number of carbonyl (C=O) groups excluding carboxylic acids is 3. The third-order valence-electron chi connectivity index (χ3n) is 5.14. The third-order valence-corrected chi connectivity index (χ3v) is 5.55. The summed E-state index contributed by atoms with van der Waals surface area (Å²) in [6.07, 6.45) is 1.35. The Morgan fingerprint density at radius 3 is 2.66 bits per heavy atom. The summed E-state index contributed by atoms with van der Waals surface area (Å²) in [5.74, 6) is -0.334. The van der Waals surface area contributed by atoms with Gasteiger partial charge < -0.3 is 19.7 Å². The highest BCUT2D eigenvalue weighted by molar-refractivity contribution is 6.31. The molecule has 2 aromatic carbocycles. The zero-order valence-electron chi connectivity index (χ0n) is 18.4. The van der Waals surface area contributed by atoms with Crippen LogP contribution in [0.1, 0.15) is 43.7 Å². The number of hydrogen-bond donors (Lipinski definition) is 1. The molecule has 0 saturated carbocycles. The largest absolute Gasteiger partial charge is 0.482 e. The van der Waals surface area contributed by atoms with E-state index >= 15 is 0 Å². The van der Waals surface area contributed by atoms with Gasteiger partial charge in [-0.1, -0.05) is 31.5 Å². The van der Waals surface area contributed by atoms with Crippen molar-refractivity contribution in [2.45, 2.75) is 39.5 Å². The molecule has 1 saturated heterocycles. The molecule has 2 amide bonds. The molecule has 0 unspecified atom stereocenters. The predicted molar refractivity (Wildman–Crippen MR) is 123 cm³/mol. The first kappa shape index (κ1) is 23.6. The van der Waals surface area contributed by atoms with Gasteiger partial charge in [-0.2, -0.15) is 0 Å². The lowest BCUT2D eigenvalue weighted by atomic mass is 10.0. The molecule has 1 heterocycles. The molecule has 0 bridgehead atoms. The van der Waals surface area contributed by atoms with Gasteiger partial charge in [-0.3, -0.25) is 9.59 Å². The minimum Gasteiger partial charge on any atom is -0.482 e. The summed E-state index contributed by atoms with van der Waals surface area (Å²) in [6, 6.07) is 10.6. The van der Waals surface area contributed by atoms with Crippen LogP contribution < -0.4 is 15.0 Å². The van der Waals surface area contributed by atoms with Crippen LogP contribution in [0.25, 0.3) is 0 Å². The molecule has 1 aliphatic rings. The number of carbonyl (C=O) groups is 3. The molecule has 1 N–H and O–H groups in total. The van der Waals surface area contributed by atoms with Crippen molar-refractivity contribution in [2.24, 2.45) is 0 Å². The minimum absolute atomic E-state index is 0.0684. The smallest absolute Gasteiger partial charge is 0.344 e. The van der Waals surface area contributed by atoms with Crippen molar-refractivity contribution in [3.8, 4) is 5.75 Å². The Morgan fingerprint density at radius 2 is 1.97 bits per heavy atom. The highest BCUT2D eigenvalue weighted by Gasteiger charge is 2.22. The maximum Gasteiger partial charge on any atom is 0.344 e. The van der Waals surface area contributed by atoms with Crippen LogP contribution in [0.2, 0.25) is 5.02 Å². The normalized spacial score (nSPS) is 13.4. The van der Waals surface area contributed by atoms with Gasteiger partial charge in [0.05, 0.1) is 0 Å². The topological polar surface area (TPSA) is 84.9 Å². The van der Waals surface area contributed by atoms with E-state index < -0.39 is 18.5 Å². The summed E-state index contributed by atoms with van der Waals surface area (Å²) in [6.45, 7) is 5.78. The summed E-state index contributed by atoms with van der Waals surface area (Å²) in [5, 5.41) is 3.32. The van der Waals surface area contributed by atoms with E-state index in [1.54, 1.807) is 29.2 Å². The number of esters is 1. The molecule has 0 radical (unpaired) electrons. The fourth-order valence-corrected chi connectivity index (χ4v) is 3.61. The van der Waals surface area contributed by atoms with Crippen LogP contribution in [0, 0.1) is 6.92 Å². The predicted octanol–water partition coefficient (Wildman–Crippen LogP) is 4.46. The molecule has 0 aliphatic carbocycles. The maximum atomic E-state index is 12.2. The third kappa shape index (κ3) is 6.01. The van der Waals surface area contributed by atoms with Gasteiger partial charge in [-0.15, -0.1) is 0 Å². The van der Waals surface area contributed by atoms with Crippen molar-refractivity contribution in [1.29, 1.82) is 0 Å². The molecule has 2 aromatic rings. The van der Waals surface area contributed by atoms with Crippen LogP contribution >= 0.6 is 11.6 Å². The summed E-state index contributed by atoms with van der Waals surface area (Å²) < 4.78 is 10.7. The quantitative estimate of drug-likeness (QED) is 0.590. The van der Waals surface area contributed by atoms with Gasteiger partial charge >= 0.3 is 5.97 Å². The fourth-order valence-electron chi connectivity index (χ4n) is 3.44. The summed E-state index contributed by atoms with van der Waals surface area (Å²) >= 11 is 6.19. The van der Waals surface area contributed by atoms with Crippen LogP contribution in [-0.4, -0.2) is 37.5 Å². The Kier molecular flexibility index (Phi) is 7.75. The molecule has 0 spiro atoms. The number of nitrogens with zero attached hydrogens (tertiary/aromatic N) is 1.